The number of halogens is 8. The minimum absolute atomic E-state index is 3.04. The molecule has 0 spiro atoms. The fraction of sp³-hybridized carbons (Fsp3) is 1.00. The van der Waals surface area contributed by atoms with E-state index in [2.05, 4.69) is 0 Å². The molecule has 1 fully saturated rings. The van der Waals surface area contributed by atoms with Crippen molar-refractivity contribution in [3.8, 4) is 0 Å². The van der Waals surface area contributed by atoms with E-state index < -0.39 is 36.2 Å². The van der Waals surface area contributed by atoms with E-state index in [0.29, 0.717) is 0 Å². The van der Waals surface area contributed by atoms with Gasteiger partial charge in [-0.2, -0.15) is 17.6 Å². The highest BCUT2D eigenvalue weighted by Crippen LogP contribution is 2.56. The van der Waals surface area contributed by atoms with Gasteiger partial charge in [-0.05, 0) is 0 Å². The summed E-state index contributed by atoms with van der Waals surface area (Å²) in [7, 11) is 0. The Morgan fingerprint density at radius 2 is 1.00 bits per heavy atom. The van der Waals surface area contributed by atoms with Gasteiger partial charge >= 0.3 is 23.7 Å². The second-order valence-electron chi connectivity index (χ2n) is 3.21. The molecule has 1 aliphatic carbocycles. The predicted molar refractivity (Wildman–Crippen MR) is 28.2 cm³/mol. The van der Waals surface area contributed by atoms with Crippen LogP contribution in [0, 0.1) is 0 Å². The minimum Gasteiger partial charge on any atom is -0.843 e. The standard InChI is InChI=1S/C6H3F8O/c7-3(8)1-4(9,10)6(13,14)2(15)5(3,11)12/h2H,1H2/q-1. The third kappa shape index (κ3) is 1.39. The molecule has 1 nitrogen and oxygen atoms in total. The Kier molecular flexibility index (Phi) is 2.28. The zero-order valence-corrected chi connectivity index (χ0v) is 6.72. The molecule has 0 atom stereocenters. The van der Waals surface area contributed by atoms with Gasteiger partial charge in [0.1, 0.15) is 0 Å². The topological polar surface area (TPSA) is 23.1 Å². The molecule has 1 aliphatic rings. The summed E-state index contributed by atoms with van der Waals surface area (Å²) in [5.41, 5.74) is 0. The smallest absolute Gasteiger partial charge is 0.315 e. The summed E-state index contributed by atoms with van der Waals surface area (Å²) in [5, 5.41) is 10.2. The average Bonchev–Trinajstić information content (AvgIpc) is 1.98. The van der Waals surface area contributed by atoms with Crippen molar-refractivity contribution < 1.29 is 40.2 Å². The third-order valence-electron chi connectivity index (χ3n) is 2.08. The van der Waals surface area contributed by atoms with Crippen LogP contribution in [0.1, 0.15) is 6.42 Å². The maximum atomic E-state index is 12.3. The fourth-order valence-corrected chi connectivity index (χ4v) is 1.13. The molecule has 0 aliphatic heterocycles. The first-order valence-electron chi connectivity index (χ1n) is 3.53. The molecule has 0 radical (unpaired) electrons. The van der Waals surface area contributed by atoms with Crippen LogP contribution < -0.4 is 5.11 Å². The molecule has 0 bridgehead atoms. The molecule has 1 rings (SSSR count). The maximum Gasteiger partial charge on any atom is 0.315 e. The highest BCUT2D eigenvalue weighted by molar-refractivity contribution is 5.09. The Bertz CT molecular complexity index is 246. The van der Waals surface area contributed by atoms with Crippen LogP contribution in [-0.4, -0.2) is 29.8 Å². The summed E-state index contributed by atoms with van der Waals surface area (Å²) in [6, 6.07) is 0. The van der Waals surface area contributed by atoms with Gasteiger partial charge in [-0.3, -0.25) is 0 Å². The second kappa shape index (κ2) is 2.74. The van der Waals surface area contributed by atoms with Crippen LogP contribution in [0.3, 0.4) is 0 Å². The van der Waals surface area contributed by atoms with E-state index in [1.54, 1.807) is 0 Å². The van der Waals surface area contributed by atoms with E-state index in [1.807, 2.05) is 0 Å². The Labute approximate surface area is 77.7 Å². The van der Waals surface area contributed by atoms with Crippen LogP contribution in [0.2, 0.25) is 0 Å². The van der Waals surface area contributed by atoms with Gasteiger partial charge in [0, 0.05) is 6.10 Å². The Balaban J connectivity index is 3.24. The summed E-state index contributed by atoms with van der Waals surface area (Å²) in [6.45, 7) is 0. The summed E-state index contributed by atoms with van der Waals surface area (Å²) >= 11 is 0. The van der Waals surface area contributed by atoms with Gasteiger partial charge in [0.15, 0.2) is 0 Å². The molecule has 1 saturated carbocycles. The first-order chi connectivity index (χ1) is 6.36. The number of alkyl halides is 8. The first kappa shape index (κ1) is 12.5. The van der Waals surface area contributed by atoms with Crippen molar-refractivity contribution in [2.75, 3.05) is 0 Å². The summed E-state index contributed by atoms with van der Waals surface area (Å²) in [6.07, 6.45) is -7.71. The van der Waals surface area contributed by atoms with Crippen LogP contribution in [0.25, 0.3) is 0 Å². The van der Waals surface area contributed by atoms with Crippen LogP contribution in [0.5, 0.6) is 0 Å². The van der Waals surface area contributed by atoms with Crippen LogP contribution in [-0.2, 0) is 0 Å². The van der Waals surface area contributed by atoms with E-state index in [1.165, 1.54) is 0 Å². The van der Waals surface area contributed by atoms with Crippen molar-refractivity contribution in [2.24, 2.45) is 0 Å². The molecule has 90 valence electrons. The van der Waals surface area contributed by atoms with E-state index in [4.69, 9.17) is 0 Å². The number of rotatable bonds is 0. The maximum absolute atomic E-state index is 12.3. The van der Waals surface area contributed by atoms with Crippen LogP contribution >= 0.6 is 0 Å². The minimum atomic E-state index is -5.70. The van der Waals surface area contributed by atoms with Crippen LogP contribution in [0.15, 0.2) is 0 Å². The molecule has 0 N–H and O–H groups in total. The lowest BCUT2D eigenvalue weighted by Gasteiger charge is -2.49. The lowest BCUT2D eigenvalue weighted by Crippen LogP contribution is -2.73. The van der Waals surface area contributed by atoms with Crippen molar-refractivity contribution in [2.45, 2.75) is 36.2 Å². The largest absolute Gasteiger partial charge is 0.843 e. The van der Waals surface area contributed by atoms with Crippen molar-refractivity contribution in [1.82, 2.24) is 0 Å². The van der Waals surface area contributed by atoms with E-state index in [0.717, 1.165) is 0 Å². The normalized spacial score (nSPS) is 32.6. The van der Waals surface area contributed by atoms with Gasteiger partial charge in [0.25, 0.3) is 0 Å². The predicted octanol–water partition coefficient (Wildman–Crippen LogP) is 1.66. The van der Waals surface area contributed by atoms with Crippen molar-refractivity contribution in [1.29, 1.82) is 0 Å². The quantitative estimate of drug-likeness (QED) is 0.593. The SMILES string of the molecule is [O-]C1C(F)(F)C(F)(F)CC(F)(F)C1(F)F. The van der Waals surface area contributed by atoms with Crippen molar-refractivity contribution in [3.63, 3.8) is 0 Å². The summed E-state index contributed by atoms with van der Waals surface area (Å²) in [5.74, 6) is -22.3. The van der Waals surface area contributed by atoms with Crippen molar-refractivity contribution in [3.05, 3.63) is 0 Å². The summed E-state index contributed by atoms with van der Waals surface area (Å²) < 4.78 is 98.6. The van der Waals surface area contributed by atoms with Gasteiger partial charge in [-0.1, -0.05) is 0 Å². The Hall–Kier alpha value is -0.600. The summed E-state index contributed by atoms with van der Waals surface area (Å²) in [4.78, 5) is 0. The number of hydrogen-bond acceptors (Lipinski definition) is 1. The molecule has 15 heavy (non-hydrogen) atoms. The van der Waals surface area contributed by atoms with E-state index >= 15 is 0 Å². The average molecular weight is 243 g/mol. The Morgan fingerprint density at radius 3 is 1.27 bits per heavy atom. The highest BCUT2D eigenvalue weighted by Gasteiger charge is 2.77. The van der Waals surface area contributed by atoms with Gasteiger partial charge < -0.3 is 5.11 Å². The number of hydrogen-bond donors (Lipinski definition) is 0. The zero-order chi connectivity index (χ0) is 12.3. The van der Waals surface area contributed by atoms with E-state index in [-0.39, 0.29) is 0 Å². The molecule has 9 heteroatoms. The van der Waals surface area contributed by atoms with E-state index in [9.17, 15) is 40.2 Å². The third-order valence-corrected chi connectivity index (χ3v) is 2.08. The lowest BCUT2D eigenvalue weighted by molar-refractivity contribution is -0.549. The lowest BCUT2D eigenvalue weighted by atomic mass is 9.84. The van der Waals surface area contributed by atoms with Gasteiger partial charge in [0.2, 0.25) is 0 Å². The fourth-order valence-electron chi connectivity index (χ4n) is 1.13. The molecule has 0 heterocycles. The van der Waals surface area contributed by atoms with Gasteiger partial charge in [0.05, 0.1) is 6.42 Å². The highest BCUT2D eigenvalue weighted by atomic mass is 19.3. The molecule has 0 aromatic rings. The van der Waals surface area contributed by atoms with Crippen LogP contribution in [0.4, 0.5) is 35.1 Å². The van der Waals surface area contributed by atoms with Crippen molar-refractivity contribution >= 4 is 0 Å². The van der Waals surface area contributed by atoms with Gasteiger partial charge in [-0.25, -0.2) is 17.6 Å². The van der Waals surface area contributed by atoms with Gasteiger partial charge in [-0.15, -0.1) is 0 Å². The monoisotopic (exact) mass is 243 g/mol. The zero-order valence-electron chi connectivity index (χ0n) is 6.72. The molecular weight excluding hydrogens is 240 g/mol. The molecule has 0 aromatic heterocycles. The molecule has 0 unspecified atom stereocenters. The molecular formula is C6H3F8O-. The Morgan fingerprint density at radius 1 is 0.733 bits per heavy atom. The molecule has 0 aromatic carbocycles. The molecule has 0 saturated heterocycles. The first-order valence-corrected chi connectivity index (χ1v) is 3.53. The molecule has 0 amide bonds. The second-order valence-corrected chi connectivity index (χ2v) is 3.21.